The fourth-order valence-electron chi connectivity index (χ4n) is 2.73. The van der Waals surface area contributed by atoms with E-state index < -0.39 is 0 Å². The zero-order chi connectivity index (χ0) is 13.2. The molecule has 19 heavy (non-hydrogen) atoms. The molecule has 0 N–H and O–H groups in total. The first-order valence-corrected chi connectivity index (χ1v) is 6.77. The van der Waals surface area contributed by atoms with E-state index in [0.29, 0.717) is 5.92 Å². The normalized spacial score (nSPS) is 12.7. The number of para-hydroxylation sites is 2. The number of hydrogen-bond donors (Lipinski definition) is 0. The van der Waals surface area contributed by atoms with Crippen molar-refractivity contribution in [2.45, 2.75) is 19.3 Å². The van der Waals surface area contributed by atoms with Gasteiger partial charge in [-0.25, -0.2) is 4.98 Å². The summed E-state index contributed by atoms with van der Waals surface area (Å²) in [7, 11) is 2.11. The van der Waals surface area contributed by atoms with Gasteiger partial charge in [-0.1, -0.05) is 49.4 Å². The summed E-state index contributed by atoms with van der Waals surface area (Å²) in [5, 5.41) is 0. The molecule has 0 amide bonds. The summed E-state index contributed by atoms with van der Waals surface area (Å²) in [5.74, 6) is 1.51. The highest BCUT2D eigenvalue weighted by Crippen LogP contribution is 2.29. The molecule has 2 aromatic carbocycles. The molecule has 0 unspecified atom stereocenters. The van der Waals surface area contributed by atoms with Crippen LogP contribution in [0.2, 0.25) is 0 Å². The van der Waals surface area contributed by atoms with Gasteiger partial charge in [-0.3, -0.25) is 0 Å². The predicted octanol–water partition coefficient (Wildman–Crippen LogP) is 4.12. The Morgan fingerprint density at radius 1 is 1.00 bits per heavy atom. The monoisotopic (exact) mass is 250 g/mol. The maximum Gasteiger partial charge on any atom is 0.117 e. The number of nitrogens with zero attached hydrogens (tertiary/aromatic N) is 2. The Morgan fingerprint density at radius 2 is 1.68 bits per heavy atom. The van der Waals surface area contributed by atoms with Crippen LogP contribution in [0.5, 0.6) is 0 Å². The largest absolute Gasteiger partial charge is 0.331 e. The van der Waals surface area contributed by atoms with E-state index in [0.717, 1.165) is 17.8 Å². The quantitative estimate of drug-likeness (QED) is 0.684. The van der Waals surface area contributed by atoms with Crippen molar-refractivity contribution in [3.05, 3.63) is 66.0 Å². The molecule has 1 heterocycles. The van der Waals surface area contributed by atoms with Crippen LogP contribution in [0, 0.1) is 0 Å². The summed E-state index contributed by atoms with van der Waals surface area (Å²) in [6, 6.07) is 19.0. The van der Waals surface area contributed by atoms with Crippen LogP contribution in [-0.4, -0.2) is 9.55 Å². The molecule has 1 atom stereocenters. The molecule has 0 saturated heterocycles. The van der Waals surface area contributed by atoms with Gasteiger partial charge in [-0.05, 0) is 24.1 Å². The van der Waals surface area contributed by atoms with Crippen molar-refractivity contribution in [3.8, 4) is 0 Å². The summed E-state index contributed by atoms with van der Waals surface area (Å²) < 4.78 is 2.22. The first-order valence-electron chi connectivity index (χ1n) is 6.77. The molecule has 2 nitrogen and oxygen atoms in total. The van der Waals surface area contributed by atoms with Gasteiger partial charge in [0.25, 0.3) is 0 Å². The lowest BCUT2D eigenvalue weighted by molar-refractivity contribution is 0.681. The van der Waals surface area contributed by atoms with Crippen molar-refractivity contribution in [1.82, 2.24) is 9.55 Å². The van der Waals surface area contributed by atoms with Crippen LogP contribution in [0.4, 0.5) is 0 Å². The highest BCUT2D eigenvalue weighted by atomic mass is 15.1. The van der Waals surface area contributed by atoms with Crippen molar-refractivity contribution in [2.75, 3.05) is 0 Å². The Hall–Kier alpha value is -2.09. The second-order valence-corrected chi connectivity index (χ2v) is 4.89. The number of rotatable bonds is 3. The lowest BCUT2D eigenvalue weighted by Gasteiger charge is -2.15. The number of aromatic nitrogens is 2. The van der Waals surface area contributed by atoms with E-state index in [9.17, 15) is 0 Å². The number of aryl methyl sites for hydroxylation is 1. The molecule has 3 rings (SSSR count). The van der Waals surface area contributed by atoms with Gasteiger partial charge in [0.2, 0.25) is 0 Å². The summed E-state index contributed by atoms with van der Waals surface area (Å²) in [5.41, 5.74) is 3.62. The zero-order valence-electron chi connectivity index (χ0n) is 11.4. The third-order valence-electron chi connectivity index (χ3n) is 3.74. The summed E-state index contributed by atoms with van der Waals surface area (Å²) in [6.45, 7) is 2.22. The second kappa shape index (κ2) is 4.88. The zero-order valence-corrected chi connectivity index (χ0v) is 11.4. The van der Waals surface area contributed by atoms with Gasteiger partial charge in [-0.2, -0.15) is 0 Å². The molecule has 0 aliphatic rings. The Morgan fingerprint density at radius 3 is 2.37 bits per heavy atom. The lowest BCUT2D eigenvalue weighted by atomic mass is 9.96. The maximum absolute atomic E-state index is 4.82. The van der Waals surface area contributed by atoms with Gasteiger partial charge in [0.1, 0.15) is 5.82 Å². The van der Waals surface area contributed by atoms with Crippen LogP contribution >= 0.6 is 0 Å². The van der Waals surface area contributed by atoms with E-state index in [4.69, 9.17) is 4.98 Å². The van der Waals surface area contributed by atoms with E-state index in [1.165, 1.54) is 11.1 Å². The van der Waals surface area contributed by atoms with Crippen molar-refractivity contribution < 1.29 is 0 Å². The Labute approximate surface area is 113 Å². The SMILES string of the molecule is CC[C@H](c1ccccc1)c1nc2ccccc2n1C. The van der Waals surface area contributed by atoms with Crippen molar-refractivity contribution >= 4 is 11.0 Å². The number of fused-ring (bicyclic) bond motifs is 1. The molecule has 0 saturated carbocycles. The summed E-state index contributed by atoms with van der Waals surface area (Å²) >= 11 is 0. The number of imidazole rings is 1. The molecule has 3 aromatic rings. The molecular weight excluding hydrogens is 232 g/mol. The smallest absolute Gasteiger partial charge is 0.117 e. The van der Waals surface area contributed by atoms with Gasteiger partial charge < -0.3 is 4.57 Å². The number of hydrogen-bond acceptors (Lipinski definition) is 1. The minimum atomic E-state index is 0.360. The van der Waals surface area contributed by atoms with Crippen LogP contribution in [0.3, 0.4) is 0 Å². The molecule has 0 spiro atoms. The first kappa shape index (κ1) is 12.0. The van der Waals surface area contributed by atoms with Crippen LogP contribution < -0.4 is 0 Å². The van der Waals surface area contributed by atoms with Crippen molar-refractivity contribution in [3.63, 3.8) is 0 Å². The minimum Gasteiger partial charge on any atom is -0.331 e. The maximum atomic E-state index is 4.82. The van der Waals surface area contributed by atoms with E-state index in [2.05, 4.69) is 67.1 Å². The molecule has 0 radical (unpaired) electrons. The van der Waals surface area contributed by atoms with Crippen LogP contribution in [0.1, 0.15) is 30.7 Å². The standard InChI is InChI=1S/C17H18N2/c1-3-14(13-9-5-4-6-10-13)17-18-15-11-7-8-12-16(15)19(17)2/h4-12,14H,3H2,1-2H3/t14-/m1/s1. The Bertz CT molecular complexity index is 683. The van der Waals surface area contributed by atoms with Crippen molar-refractivity contribution in [1.29, 1.82) is 0 Å². The van der Waals surface area contributed by atoms with Gasteiger partial charge in [0, 0.05) is 13.0 Å². The highest BCUT2D eigenvalue weighted by Gasteiger charge is 2.18. The summed E-state index contributed by atoms with van der Waals surface area (Å²) in [4.78, 5) is 4.82. The summed E-state index contributed by atoms with van der Waals surface area (Å²) in [6.07, 6.45) is 1.06. The Kier molecular flexibility index (Phi) is 3.08. The fraction of sp³-hybridized carbons (Fsp3) is 0.235. The van der Waals surface area contributed by atoms with E-state index in [1.54, 1.807) is 0 Å². The van der Waals surface area contributed by atoms with Gasteiger partial charge in [0.05, 0.1) is 11.0 Å². The molecule has 0 bridgehead atoms. The van der Waals surface area contributed by atoms with E-state index >= 15 is 0 Å². The molecule has 1 aromatic heterocycles. The molecule has 0 aliphatic heterocycles. The second-order valence-electron chi connectivity index (χ2n) is 4.89. The van der Waals surface area contributed by atoms with E-state index in [-0.39, 0.29) is 0 Å². The molecule has 96 valence electrons. The van der Waals surface area contributed by atoms with Gasteiger partial charge in [0.15, 0.2) is 0 Å². The average molecular weight is 250 g/mol. The van der Waals surface area contributed by atoms with Gasteiger partial charge in [-0.15, -0.1) is 0 Å². The van der Waals surface area contributed by atoms with E-state index in [1.807, 2.05) is 6.07 Å². The van der Waals surface area contributed by atoms with Crippen LogP contribution in [0.15, 0.2) is 54.6 Å². The number of benzene rings is 2. The van der Waals surface area contributed by atoms with Crippen LogP contribution in [0.25, 0.3) is 11.0 Å². The average Bonchev–Trinajstić information content (AvgIpc) is 2.79. The predicted molar refractivity (Wildman–Crippen MR) is 79.3 cm³/mol. The Balaban J connectivity index is 2.14. The minimum absolute atomic E-state index is 0.360. The van der Waals surface area contributed by atoms with Gasteiger partial charge >= 0.3 is 0 Å². The molecular formula is C17H18N2. The van der Waals surface area contributed by atoms with Crippen LogP contribution in [-0.2, 0) is 7.05 Å². The van der Waals surface area contributed by atoms with Crippen molar-refractivity contribution in [2.24, 2.45) is 7.05 Å². The topological polar surface area (TPSA) is 17.8 Å². The third kappa shape index (κ3) is 2.03. The fourth-order valence-corrected chi connectivity index (χ4v) is 2.73. The lowest BCUT2D eigenvalue weighted by Crippen LogP contribution is -2.07. The molecule has 0 aliphatic carbocycles. The molecule has 0 fully saturated rings. The third-order valence-corrected chi connectivity index (χ3v) is 3.74. The first-order chi connectivity index (χ1) is 9.31. The molecule has 2 heteroatoms. The highest BCUT2D eigenvalue weighted by molar-refractivity contribution is 5.76.